The molecule has 2 N–H and O–H groups in total. The normalized spacial score (nSPS) is 11.2. The molecule has 0 amide bonds. The van der Waals surface area contributed by atoms with Crippen LogP contribution < -0.4 is 10.0 Å². The number of rotatable bonds is 5. The summed E-state index contributed by atoms with van der Waals surface area (Å²) in [5, 5.41) is 3.20. The number of anilines is 3. The van der Waals surface area contributed by atoms with E-state index in [-0.39, 0.29) is 16.3 Å². The lowest BCUT2D eigenvalue weighted by Gasteiger charge is -2.10. The Labute approximate surface area is 152 Å². The first kappa shape index (κ1) is 17.9. The Morgan fingerprint density at radius 2 is 1.77 bits per heavy atom. The maximum atomic E-state index is 13.3. The minimum absolute atomic E-state index is 0.0137. The molecular formula is C19H18FN3O2S. The molecule has 134 valence electrons. The molecule has 0 spiro atoms. The van der Waals surface area contributed by atoms with Crippen LogP contribution in [0.5, 0.6) is 0 Å². The summed E-state index contributed by atoms with van der Waals surface area (Å²) in [6.07, 6.45) is 1.54. The van der Waals surface area contributed by atoms with Gasteiger partial charge in [-0.2, -0.15) is 0 Å². The van der Waals surface area contributed by atoms with Gasteiger partial charge in [0.25, 0.3) is 10.0 Å². The van der Waals surface area contributed by atoms with Crippen LogP contribution in [0.1, 0.15) is 11.1 Å². The van der Waals surface area contributed by atoms with E-state index in [4.69, 9.17) is 0 Å². The first-order chi connectivity index (χ1) is 12.3. The monoisotopic (exact) mass is 371 g/mol. The highest BCUT2D eigenvalue weighted by atomic mass is 32.2. The number of nitrogens with zero attached hydrogens (tertiary/aromatic N) is 1. The van der Waals surface area contributed by atoms with Crippen molar-refractivity contribution in [3.05, 3.63) is 77.7 Å². The summed E-state index contributed by atoms with van der Waals surface area (Å²) in [5.74, 6) is -0.268. The van der Waals surface area contributed by atoms with Crippen molar-refractivity contribution in [2.24, 2.45) is 0 Å². The molecule has 0 fully saturated rings. The second-order valence-corrected chi connectivity index (χ2v) is 7.63. The lowest BCUT2D eigenvalue weighted by atomic mass is 10.2. The van der Waals surface area contributed by atoms with Crippen molar-refractivity contribution in [3.8, 4) is 0 Å². The minimum atomic E-state index is -3.83. The third-order valence-electron chi connectivity index (χ3n) is 3.75. The van der Waals surface area contributed by atoms with E-state index < -0.39 is 15.8 Å². The van der Waals surface area contributed by atoms with Crippen LogP contribution in [0.4, 0.5) is 21.6 Å². The fourth-order valence-electron chi connectivity index (χ4n) is 2.40. The van der Waals surface area contributed by atoms with Crippen LogP contribution >= 0.6 is 0 Å². The second-order valence-electron chi connectivity index (χ2n) is 5.94. The first-order valence-corrected chi connectivity index (χ1v) is 9.40. The molecule has 0 bridgehead atoms. The van der Waals surface area contributed by atoms with E-state index in [0.717, 1.165) is 23.0 Å². The molecule has 0 aliphatic heterocycles. The number of pyridine rings is 1. The zero-order chi connectivity index (χ0) is 18.7. The van der Waals surface area contributed by atoms with E-state index in [2.05, 4.69) is 15.0 Å². The van der Waals surface area contributed by atoms with E-state index >= 15 is 0 Å². The molecule has 3 rings (SSSR count). The van der Waals surface area contributed by atoms with E-state index in [0.29, 0.717) is 0 Å². The molecule has 0 saturated carbocycles. The lowest BCUT2D eigenvalue weighted by molar-refractivity contribution is 0.598. The van der Waals surface area contributed by atoms with Gasteiger partial charge in [0, 0.05) is 5.69 Å². The van der Waals surface area contributed by atoms with Gasteiger partial charge in [-0.25, -0.2) is 17.8 Å². The third kappa shape index (κ3) is 4.18. The Morgan fingerprint density at radius 1 is 0.962 bits per heavy atom. The van der Waals surface area contributed by atoms with Crippen LogP contribution in [0.2, 0.25) is 0 Å². The van der Waals surface area contributed by atoms with Gasteiger partial charge in [-0.1, -0.05) is 12.1 Å². The Kier molecular flexibility index (Phi) is 4.90. The molecule has 26 heavy (non-hydrogen) atoms. The van der Waals surface area contributed by atoms with Crippen LogP contribution in [-0.4, -0.2) is 13.4 Å². The molecule has 3 aromatic rings. The van der Waals surface area contributed by atoms with Crippen LogP contribution in [0, 0.1) is 19.7 Å². The number of hydrogen-bond acceptors (Lipinski definition) is 4. The molecule has 0 radical (unpaired) electrons. The Balaban J connectivity index is 1.75. The van der Waals surface area contributed by atoms with Gasteiger partial charge in [0.05, 0.1) is 16.8 Å². The maximum Gasteiger partial charge on any atom is 0.263 e. The van der Waals surface area contributed by atoms with Gasteiger partial charge in [-0.3, -0.25) is 4.72 Å². The fraction of sp³-hybridized carbons (Fsp3) is 0.105. The van der Waals surface area contributed by atoms with Gasteiger partial charge in [0.15, 0.2) is 0 Å². The molecule has 0 aliphatic carbocycles. The van der Waals surface area contributed by atoms with Crippen molar-refractivity contribution in [2.75, 3.05) is 10.0 Å². The predicted octanol–water partition coefficient (Wildman–Crippen LogP) is 4.38. The number of hydrogen-bond donors (Lipinski definition) is 2. The van der Waals surface area contributed by atoms with Gasteiger partial charge < -0.3 is 5.32 Å². The quantitative estimate of drug-likeness (QED) is 0.698. The number of halogens is 1. The largest absolute Gasteiger partial charge is 0.354 e. The van der Waals surface area contributed by atoms with E-state index in [9.17, 15) is 12.8 Å². The van der Waals surface area contributed by atoms with Gasteiger partial charge in [0.2, 0.25) is 0 Å². The van der Waals surface area contributed by atoms with Crippen molar-refractivity contribution in [1.82, 2.24) is 4.98 Å². The topological polar surface area (TPSA) is 71.1 Å². The molecule has 1 aromatic heterocycles. The zero-order valence-electron chi connectivity index (χ0n) is 14.3. The number of sulfonamides is 1. The van der Waals surface area contributed by atoms with Gasteiger partial charge >= 0.3 is 0 Å². The number of aryl methyl sites for hydroxylation is 2. The van der Waals surface area contributed by atoms with Crippen molar-refractivity contribution in [2.45, 2.75) is 18.7 Å². The SMILES string of the molecule is Cc1cccc(Nc2ccc(NS(=O)(=O)c3ccc(F)c(C)c3)nc2)c1. The molecule has 0 unspecified atom stereocenters. The number of benzene rings is 2. The number of nitrogens with one attached hydrogen (secondary N) is 2. The maximum absolute atomic E-state index is 13.3. The van der Waals surface area contributed by atoms with Gasteiger partial charge in [0.1, 0.15) is 11.6 Å². The van der Waals surface area contributed by atoms with Crippen LogP contribution in [0.25, 0.3) is 0 Å². The second kappa shape index (κ2) is 7.13. The summed E-state index contributed by atoms with van der Waals surface area (Å²) in [6, 6.07) is 14.8. The van der Waals surface area contributed by atoms with E-state index in [1.807, 2.05) is 31.2 Å². The van der Waals surface area contributed by atoms with Crippen molar-refractivity contribution < 1.29 is 12.8 Å². The average molecular weight is 371 g/mol. The highest BCUT2D eigenvalue weighted by Crippen LogP contribution is 2.20. The summed E-state index contributed by atoms with van der Waals surface area (Å²) in [5.41, 5.74) is 3.04. The van der Waals surface area contributed by atoms with Crippen molar-refractivity contribution >= 4 is 27.2 Å². The highest BCUT2D eigenvalue weighted by Gasteiger charge is 2.16. The third-order valence-corrected chi connectivity index (χ3v) is 5.10. The highest BCUT2D eigenvalue weighted by molar-refractivity contribution is 7.92. The average Bonchev–Trinajstić information content (AvgIpc) is 2.59. The van der Waals surface area contributed by atoms with Crippen LogP contribution in [-0.2, 0) is 10.0 Å². The summed E-state index contributed by atoms with van der Waals surface area (Å²) < 4.78 is 40.5. The molecule has 0 atom stereocenters. The number of aromatic nitrogens is 1. The predicted molar refractivity (Wildman–Crippen MR) is 101 cm³/mol. The molecular weight excluding hydrogens is 353 g/mol. The molecule has 2 aromatic carbocycles. The molecule has 5 nitrogen and oxygen atoms in total. The lowest BCUT2D eigenvalue weighted by Crippen LogP contribution is -2.14. The Hall–Kier alpha value is -2.93. The molecule has 0 saturated heterocycles. The summed E-state index contributed by atoms with van der Waals surface area (Å²) >= 11 is 0. The summed E-state index contributed by atoms with van der Waals surface area (Å²) in [6.45, 7) is 3.51. The molecule has 1 heterocycles. The fourth-order valence-corrected chi connectivity index (χ4v) is 3.49. The Bertz CT molecular complexity index is 1030. The van der Waals surface area contributed by atoms with Crippen LogP contribution in [0.3, 0.4) is 0 Å². The van der Waals surface area contributed by atoms with E-state index in [1.165, 1.54) is 25.3 Å². The van der Waals surface area contributed by atoms with Crippen LogP contribution in [0.15, 0.2) is 65.7 Å². The minimum Gasteiger partial charge on any atom is -0.354 e. The van der Waals surface area contributed by atoms with E-state index in [1.54, 1.807) is 12.1 Å². The van der Waals surface area contributed by atoms with Gasteiger partial charge in [-0.05, 0) is 67.4 Å². The van der Waals surface area contributed by atoms with Crippen molar-refractivity contribution in [1.29, 1.82) is 0 Å². The molecule has 7 heteroatoms. The van der Waals surface area contributed by atoms with Gasteiger partial charge in [-0.15, -0.1) is 0 Å². The summed E-state index contributed by atoms with van der Waals surface area (Å²) in [7, 11) is -3.83. The Morgan fingerprint density at radius 3 is 2.42 bits per heavy atom. The zero-order valence-corrected chi connectivity index (χ0v) is 15.1. The first-order valence-electron chi connectivity index (χ1n) is 7.92. The smallest absolute Gasteiger partial charge is 0.263 e. The molecule has 0 aliphatic rings. The standard InChI is InChI=1S/C19H18FN3O2S/c1-13-4-3-5-15(10-13)22-16-6-9-19(21-12-16)23-26(24,25)17-7-8-18(20)14(2)11-17/h3-12,22H,1-2H3,(H,21,23). The van der Waals surface area contributed by atoms with Crippen molar-refractivity contribution in [3.63, 3.8) is 0 Å². The summed E-state index contributed by atoms with van der Waals surface area (Å²) in [4.78, 5) is 4.11.